The lowest BCUT2D eigenvalue weighted by atomic mass is 10.1. The molecular weight excluding hydrogens is 494 g/mol. The van der Waals surface area contributed by atoms with Crippen LogP contribution in [0.5, 0.6) is 11.5 Å². The summed E-state index contributed by atoms with van der Waals surface area (Å²) in [5.41, 5.74) is 1.70. The van der Waals surface area contributed by atoms with Gasteiger partial charge in [-0.15, -0.1) is 0 Å². The van der Waals surface area contributed by atoms with E-state index in [1.54, 1.807) is 24.3 Å². The van der Waals surface area contributed by atoms with Gasteiger partial charge in [0.15, 0.2) is 5.82 Å². The molecule has 0 radical (unpaired) electrons. The number of rotatable bonds is 5. The zero-order valence-electron chi connectivity index (χ0n) is 18.3. The summed E-state index contributed by atoms with van der Waals surface area (Å²) in [7, 11) is 0. The quantitative estimate of drug-likeness (QED) is 0.302. The van der Waals surface area contributed by atoms with Crippen molar-refractivity contribution in [3.8, 4) is 11.5 Å². The number of benzene rings is 4. The van der Waals surface area contributed by atoms with Crippen LogP contribution in [0.15, 0.2) is 93.2 Å². The minimum absolute atomic E-state index is 0.0513. The minimum Gasteiger partial charge on any atom is -0.507 e. The number of hydrogen-bond donors (Lipinski definition) is 1. The molecule has 1 N–H and O–H groups in total. The fourth-order valence-corrected chi connectivity index (χ4v) is 4.39. The lowest BCUT2D eigenvalue weighted by Crippen LogP contribution is -2.23. The van der Waals surface area contributed by atoms with Gasteiger partial charge in [-0.3, -0.25) is 4.79 Å². The molecule has 34 heavy (non-hydrogen) atoms. The first-order chi connectivity index (χ1) is 16.5. The largest absolute Gasteiger partial charge is 0.507 e. The summed E-state index contributed by atoms with van der Waals surface area (Å²) in [5, 5.41) is 17.2. The molecule has 6 nitrogen and oxygen atoms in total. The standard InChI is InChI=1S/C27H20BrN3O3/c1-17-8-2-7-13-24(17)34-16-25-30-23-12-6-5-11-21(23)27(33)31(25)29-15-18-14-22(28)19-9-3-4-10-20(19)26(18)32/h2-15,32H,16H2,1H3. The van der Waals surface area contributed by atoms with Crippen LogP contribution in [0.1, 0.15) is 17.0 Å². The predicted molar refractivity (Wildman–Crippen MR) is 138 cm³/mol. The Bertz CT molecular complexity index is 1630. The second-order valence-electron chi connectivity index (χ2n) is 7.80. The summed E-state index contributed by atoms with van der Waals surface area (Å²) in [5.74, 6) is 1.14. The van der Waals surface area contributed by atoms with Gasteiger partial charge in [-0.05, 0) is 42.1 Å². The fourth-order valence-electron chi connectivity index (χ4n) is 3.80. The molecule has 1 aromatic heterocycles. The van der Waals surface area contributed by atoms with Gasteiger partial charge in [0, 0.05) is 15.4 Å². The zero-order chi connectivity index (χ0) is 23.7. The summed E-state index contributed by atoms with van der Waals surface area (Å²) in [6.07, 6.45) is 1.46. The summed E-state index contributed by atoms with van der Waals surface area (Å²) in [4.78, 5) is 17.9. The first-order valence-corrected chi connectivity index (χ1v) is 11.5. The van der Waals surface area contributed by atoms with Gasteiger partial charge in [-0.25, -0.2) is 4.98 Å². The third kappa shape index (κ3) is 4.06. The van der Waals surface area contributed by atoms with Gasteiger partial charge in [0.25, 0.3) is 5.56 Å². The van der Waals surface area contributed by atoms with Crippen molar-refractivity contribution < 1.29 is 9.84 Å². The third-order valence-electron chi connectivity index (χ3n) is 5.58. The number of ether oxygens (including phenoxy) is 1. The Morgan fingerprint density at radius 3 is 2.47 bits per heavy atom. The molecule has 0 aliphatic carbocycles. The summed E-state index contributed by atoms with van der Waals surface area (Å²) in [6, 6.07) is 24.0. The van der Waals surface area contributed by atoms with Gasteiger partial charge in [-0.2, -0.15) is 9.78 Å². The van der Waals surface area contributed by atoms with E-state index < -0.39 is 0 Å². The number of para-hydroxylation sites is 2. The molecule has 1 heterocycles. The molecule has 168 valence electrons. The first kappa shape index (κ1) is 21.9. The van der Waals surface area contributed by atoms with Crippen molar-refractivity contribution in [2.75, 3.05) is 0 Å². The van der Waals surface area contributed by atoms with E-state index in [1.165, 1.54) is 10.9 Å². The molecule has 0 unspecified atom stereocenters. The highest BCUT2D eigenvalue weighted by Crippen LogP contribution is 2.33. The molecule has 0 amide bonds. The molecule has 0 aliphatic heterocycles. The Balaban J connectivity index is 1.60. The molecule has 5 aromatic rings. The zero-order valence-corrected chi connectivity index (χ0v) is 19.9. The van der Waals surface area contributed by atoms with Crippen LogP contribution in [0.25, 0.3) is 21.7 Å². The van der Waals surface area contributed by atoms with Crippen molar-refractivity contribution in [2.45, 2.75) is 13.5 Å². The number of fused-ring (bicyclic) bond motifs is 2. The fraction of sp³-hybridized carbons (Fsp3) is 0.0741. The number of halogens is 1. The molecule has 4 aromatic carbocycles. The number of phenols is 1. The number of aromatic hydroxyl groups is 1. The number of phenolic OH excluding ortho intramolecular Hbond substituents is 1. The Kier molecular flexibility index (Phi) is 5.86. The van der Waals surface area contributed by atoms with Crippen LogP contribution in [0.4, 0.5) is 0 Å². The van der Waals surface area contributed by atoms with Crippen molar-refractivity contribution in [3.63, 3.8) is 0 Å². The molecule has 7 heteroatoms. The third-order valence-corrected chi connectivity index (χ3v) is 6.23. The lowest BCUT2D eigenvalue weighted by Gasteiger charge is -2.12. The topological polar surface area (TPSA) is 76.7 Å². The van der Waals surface area contributed by atoms with E-state index in [0.717, 1.165) is 15.4 Å². The van der Waals surface area contributed by atoms with Crippen molar-refractivity contribution in [3.05, 3.63) is 111 Å². The maximum Gasteiger partial charge on any atom is 0.282 e. The highest BCUT2D eigenvalue weighted by molar-refractivity contribution is 9.10. The van der Waals surface area contributed by atoms with Crippen LogP contribution in [0, 0.1) is 6.92 Å². The molecule has 0 fully saturated rings. The molecule has 0 aliphatic rings. The second-order valence-corrected chi connectivity index (χ2v) is 8.66. The van der Waals surface area contributed by atoms with E-state index in [0.29, 0.717) is 33.4 Å². The van der Waals surface area contributed by atoms with E-state index in [9.17, 15) is 9.90 Å². The molecule has 0 bridgehead atoms. The van der Waals surface area contributed by atoms with Crippen LogP contribution in [0.2, 0.25) is 0 Å². The Morgan fingerprint density at radius 1 is 1.00 bits per heavy atom. The minimum atomic E-state index is -0.315. The lowest BCUT2D eigenvalue weighted by molar-refractivity contribution is 0.287. The van der Waals surface area contributed by atoms with Crippen molar-refractivity contribution in [1.29, 1.82) is 0 Å². The predicted octanol–water partition coefficient (Wildman–Crippen LogP) is 5.79. The Hall–Kier alpha value is -3.97. The van der Waals surface area contributed by atoms with Crippen molar-refractivity contribution in [1.82, 2.24) is 9.66 Å². The van der Waals surface area contributed by atoms with Crippen molar-refractivity contribution in [2.24, 2.45) is 5.10 Å². The normalized spacial score (nSPS) is 11.5. The smallest absolute Gasteiger partial charge is 0.282 e. The molecular formula is C27H20BrN3O3. The SMILES string of the molecule is Cc1ccccc1OCc1nc2ccccc2c(=O)n1N=Cc1cc(Br)c2ccccc2c1O. The van der Waals surface area contributed by atoms with Gasteiger partial charge in [0.1, 0.15) is 18.1 Å². The number of hydrogen-bond acceptors (Lipinski definition) is 5. The number of aromatic nitrogens is 2. The maximum absolute atomic E-state index is 13.3. The van der Waals surface area contributed by atoms with Crippen LogP contribution < -0.4 is 10.3 Å². The van der Waals surface area contributed by atoms with Gasteiger partial charge in [-0.1, -0.05) is 70.5 Å². The first-order valence-electron chi connectivity index (χ1n) is 10.7. The van der Waals surface area contributed by atoms with Gasteiger partial charge in [0.05, 0.1) is 17.1 Å². The van der Waals surface area contributed by atoms with Gasteiger partial charge < -0.3 is 9.84 Å². The van der Waals surface area contributed by atoms with Crippen LogP contribution in [-0.2, 0) is 6.61 Å². The highest BCUT2D eigenvalue weighted by atomic mass is 79.9. The molecule has 0 saturated heterocycles. The van der Waals surface area contributed by atoms with Gasteiger partial charge in [0.2, 0.25) is 0 Å². The summed E-state index contributed by atoms with van der Waals surface area (Å²) >= 11 is 3.55. The highest BCUT2D eigenvalue weighted by Gasteiger charge is 2.13. The van der Waals surface area contributed by atoms with E-state index in [1.807, 2.05) is 61.5 Å². The van der Waals surface area contributed by atoms with E-state index in [4.69, 9.17) is 4.74 Å². The molecule has 5 rings (SSSR count). The van der Waals surface area contributed by atoms with Crippen LogP contribution in [-0.4, -0.2) is 21.0 Å². The van der Waals surface area contributed by atoms with Crippen LogP contribution in [0.3, 0.4) is 0 Å². The van der Waals surface area contributed by atoms with E-state index in [-0.39, 0.29) is 17.9 Å². The molecule has 0 atom stereocenters. The monoisotopic (exact) mass is 513 g/mol. The van der Waals surface area contributed by atoms with Gasteiger partial charge >= 0.3 is 0 Å². The molecule has 0 spiro atoms. The summed E-state index contributed by atoms with van der Waals surface area (Å²) < 4.78 is 8.01. The summed E-state index contributed by atoms with van der Waals surface area (Å²) in [6.45, 7) is 2.00. The Labute approximate surface area is 203 Å². The Morgan fingerprint density at radius 2 is 1.68 bits per heavy atom. The average molecular weight is 514 g/mol. The molecule has 0 saturated carbocycles. The van der Waals surface area contributed by atoms with E-state index >= 15 is 0 Å². The maximum atomic E-state index is 13.3. The van der Waals surface area contributed by atoms with Crippen LogP contribution >= 0.6 is 15.9 Å². The number of nitrogens with zero attached hydrogens (tertiary/aromatic N) is 3. The second kappa shape index (κ2) is 9.11. The average Bonchev–Trinajstić information content (AvgIpc) is 2.86. The van der Waals surface area contributed by atoms with E-state index in [2.05, 4.69) is 26.0 Å². The van der Waals surface area contributed by atoms with Crippen molar-refractivity contribution >= 4 is 43.8 Å². The number of aryl methyl sites for hydroxylation is 1.